The number of anilines is 2. The minimum atomic E-state index is -0.525. The Kier molecular flexibility index (Phi) is 6.06. The van der Waals surface area contributed by atoms with Gasteiger partial charge in [0.15, 0.2) is 0 Å². The molecule has 0 bridgehead atoms. The molecule has 1 atom stereocenters. The van der Waals surface area contributed by atoms with Crippen molar-refractivity contribution in [3.63, 3.8) is 0 Å². The number of benzene rings is 3. The topological polar surface area (TPSA) is 66.5 Å². The van der Waals surface area contributed by atoms with E-state index in [2.05, 4.69) is 5.32 Å². The van der Waals surface area contributed by atoms with Gasteiger partial charge in [-0.3, -0.25) is 14.4 Å². The fourth-order valence-corrected chi connectivity index (χ4v) is 4.32. The number of hydrogen-bond acceptors (Lipinski definition) is 4. The van der Waals surface area contributed by atoms with Crippen LogP contribution in [-0.2, 0) is 9.59 Å². The summed E-state index contributed by atoms with van der Waals surface area (Å²) in [6, 6.07) is 18.8. The first-order valence-corrected chi connectivity index (χ1v) is 10.6. The number of halogens is 2. The van der Waals surface area contributed by atoms with Crippen molar-refractivity contribution in [2.45, 2.75) is 16.6 Å². The van der Waals surface area contributed by atoms with Gasteiger partial charge in [-0.05, 0) is 72.8 Å². The van der Waals surface area contributed by atoms with Crippen LogP contribution in [0.3, 0.4) is 0 Å². The van der Waals surface area contributed by atoms with Crippen molar-refractivity contribution >= 4 is 52.5 Å². The Hall–Kier alpha value is -3.16. The third-order valence-corrected chi connectivity index (χ3v) is 6.14. The Bertz CT molecular complexity index is 1130. The zero-order chi connectivity index (χ0) is 22.0. The fourth-order valence-electron chi connectivity index (χ4n) is 3.14. The summed E-state index contributed by atoms with van der Waals surface area (Å²) < 4.78 is 13.0. The number of rotatable bonds is 5. The number of carbonyl (C=O) groups is 3. The van der Waals surface area contributed by atoms with Crippen LogP contribution >= 0.6 is 23.4 Å². The third-order valence-electron chi connectivity index (χ3n) is 4.69. The highest BCUT2D eigenvalue weighted by Crippen LogP contribution is 2.34. The maximum Gasteiger partial charge on any atom is 0.255 e. The van der Waals surface area contributed by atoms with Crippen molar-refractivity contribution in [2.75, 3.05) is 10.2 Å². The Morgan fingerprint density at radius 1 is 0.968 bits per heavy atom. The predicted octanol–water partition coefficient (Wildman–Crippen LogP) is 5.16. The zero-order valence-corrected chi connectivity index (χ0v) is 17.6. The summed E-state index contributed by atoms with van der Waals surface area (Å²) in [4.78, 5) is 39.4. The molecule has 31 heavy (non-hydrogen) atoms. The highest BCUT2D eigenvalue weighted by molar-refractivity contribution is 8.00. The van der Waals surface area contributed by atoms with Gasteiger partial charge in [-0.2, -0.15) is 0 Å². The molecule has 156 valence electrons. The van der Waals surface area contributed by atoms with Crippen molar-refractivity contribution < 1.29 is 18.8 Å². The number of amides is 3. The smallest absolute Gasteiger partial charge is 0.255 e. The molecule has 8 heteroatoms. The molecule has 3 amide bonds. The summed E-state index contributed by atoms with van der Waals surface area (Å²) in [6.45, 7) is 0. The van der Waals surface area contributed by atoms with Crippen LogP contribution < -0.4 is 10.2 Å². The monoisotopic (exact) mass is 454 g/mol. The van der Waals surface area contributed by atoms with Crippen LogP contribution in [-0.4, -0.2) is 23.0 Å². The lowest BCUT2D eigenvalue weighted by Gasteiger charge is -2.15. The first kappa shape index (κ1) is 21.1. The van der Waals surface area contributed by atoms with Crippen LogP contribution in [0.25, 0.3) is 0 Å². The van der Waals surface area contributed by atoms with Gasteiger partial charge in [-0.25, -0.2) is 9.29 Å². The quantitative estimate of drug-likeness (QED) is 0.541. The molecule has 1 aliphatic heterocycles. The van der Waals surface area contributed by atoms with Crippen LogP contribution in [0.4, 0.5) is 15.8 Å². The summed E-state index contributed by atoms with van der Waals surface area (Å²) in [6.07, 6.45) is 0.106. The molecule has 0 spiro atoms. The highest BCUT2D eigenvalue weighted by atomic mass is 35.5. The molecule has 0 saturated carbocycles. The molecule has 1 saturated heterocycles. The number of imide groups is 1. The van der Waals surface area contributed by atoms with Crippen molar-refractivity contribution in [1.82, 2.24) is 0 Å². The molecule has 3 aromatic rings. The van der Waals surface area contributed by atoms with E-state index >= 15 is 0 Å². The standard InChI is InChI=1S/C23H16ClFN2O3S/c24-15-3-9-18(10-4-15)27-21(28)13-20(23(27)30)31-19-11-7-17(8-12-19)26-22(29)14-1-5-16(25)6-2-14/h1-12,20H,13H2,(H,26,29). The van der Waals surface area contributed by atoms with E-state index in [0.717, 1.165) is 4.90 Å². The van der Waals surface area contributed by atoms with Gasteiger partial charge >= 0.3 is 0 Å². The van der Waals surface area contributed by atoms with Crippen LogP contribution in [0.1, 0.15) is 16.8 Å². The lowest BCUT2D eigenvalue weighted by atomic mass is 10.2. The zero-order valence-electron chi connectivity index (χ0n) is 16.0. The molecule has 0 aromatic heterocycles. The molecule has 0 radical (unpaired) electrons. The van der Waals surface area contributed by atoms with Crippen molar-refractivity contribution in [2.24, 2.45) is 0 Å². The molecule has 1 aliphatic rings. The molecule has 3 aromatic carbocycles. The van der Waals surface area contributed by atoms with Crippen molar-refractivity contribution in [3.05, 3.63) is 89.2 Å². The third kappa shape index (κ3) is 4.78. The number of nitrogens with one attached hydrogen (secondary N) is 1. The molecule has 5 nitrogen and oxygen atoms in total. The van der Waals surface area contributed by atoms with Gasteiger partial charge in [0.1, 0.15) is 5.82 Å². The summed E-state index contributed by atoms with van der Waals surface area (Å²) in [5, 5.41) is 2.74. The number of hydrogen-bond donors (Lipinski definition) is 1. The number of nitrogens with zero attached hydrogens (tertiary/aromatic N) is 1. The normalized spacial score (nSPS) is 15.9. The first-order valence-electron chi connectivity index (χ1n) is 9.37. The van der Waals surface area contributed by atoms with Gasteiger partial charge in [-0.15, -0.1) is 11.8 Å². The Morgan fingerprint density at radius 2 is 1.61 bits per heavy atom. The van der Waals surface area contributed by atoms with E-state index in [1.165, 1.54) is 40.9 Å². The van der Waals surface area contributed by atoms with Gasteiger partial charge < -0.3 is 5.32 Å². The largest absolute Gasteiger partial charge is 0.322 e. The fraction of sp³-hybridized carbons (Fsp3) is 0.0870. The maximum absolute atomic E-state index is 13.0. The average Bonchev–Trinajstić information content (AvgIpc) is 3.03. The van der Waals surface area contributed by atoms with Gasteiger partial charge in [0.25, 0.3) is 5.91 Å². The second kappa shape index (κ2) is 8.91. The first-order chi connectivity index (χ1) is 14.9. The molecule has 1 unspecified atom stereocenters. The molecule has 1 heterocycles. The number of thioether (sulfide) groups is 1. The molecule has 1 fully saturated rings. The molecular weight excluding hydrogens is 439 g/mol. The second-order valence-corrected chi connectivity index (χ2v) is 8.55. The van der Waals surface area contributed by atoms with E-state index in [0.29, 0.717) is 22.0 Å². The molecule has 0 aliphatic carbocycles. The molecule has 4 rings (SSSR count). The van der Waals surface area contributed by atoms with Crippen LogP contribution in [0.15, 0.2) is 77.7 Å². The predicted molar refractivity (Wildman–Crippen MR) is 119 cm³/mol. The van der Waals surface area contributed by atoms with E-state index in [1.807, 2.05) is 0 Å². The Morgan fingerprint density at radius 3 is 2.26 bits per heavy atom. The van der Waals surface area contributed by atoms with Gasteiger partial charge in [-0.1, -0.05) is 11.6 Å². The average molecular weight is 455 g/mol. The van der Waals surface area contributed by atoms with E-state index < -0.39 is 11.1 Å². The Labute approximate surface area is 187 Å². The van der Waals surface area contributed by atoms with E-state index in [1.54, 1.807) is 48.5 Å². The Balaban J connectivity index is 1.40. The van der Waals surface area contributed by atoms with Crippen molar-refractivity contribution in [1.29, 1.82) is 0 Å². The summed E-state index contributed by atoms with van der Waals surface area (Å²) in [5.74, 6) is -1.29. The van der Waals surface area contributed by atoms with Crippen LogP contribution in [0.2, 0.25) is 5.02 Å². The minimum Gasteiger partial charge on any atom is -0.322 e. The van der Waals surface area contributed by atoms with Gasteiger partial charge in [0.2, 0.25) is 11.8 Å². The summed E-state index contributed by atoms with van der Waals surface area (Å²) in [7, 11) is 0. The lowest BCUT2D eigenvalue weighted by molar-refractivity contribution is -0.121. The summed E-state index contributed by atoms with van der Waals surface area (Å²) in [5.41, 5.74) is 1.41. The van der Waals surface area contributed by atoms with E-state index in [-0.39, 0.29) is 24.1 Å². The number of carbonyl (C=O) groups excluding carboxylic acids is 3. The SMILES string of the molecule is O=C(Nc1ccc(SC2CC(=O)N(c3ccc(Cl)cc3)C2=O)cc1)c1ccc(F)cc1. The molecular formula is C23H16ClFN2O3S. The maximum atomic E-state index is 13.0. The highest BCUT2D eigenvalue weighted by Gasteiger charge is 2.40. The van der Waals surface area contributed by atoms with E-state index in [4.69, 9.17) is 11.6 Å². The second-order valence-electron chi connectivity index (χ2n) is 6.84. The van der Waals surface area contributed by atoms with Crippen molar-refractivity contribution in [3.8, 4) is 0 Å². The van der Waals surface area contributed by atoms with Crippen LogP contribution in [0.5, 0.6) is 0 Å². The van der Waals surface area contributed by atoms with Gasteiger partial charge in [0.05, 0.1) is 10.9 Å². The lowest BCUT2D eigenvalue weighted by Crippen LogP contribution is -2.31. The van der Waals surface area contributed by atoms with E-state index in [9.17, 15) is 18.8 Å². The van der Waals surface area contributed by atoms with Gasteiger partial charge in [0, 0.05) is 27.6 Å². The molecule has 1 N–H and O–H groups in total. The summed E-state index contributed by atoms with van der Waals surface area (Å²) >= 11 is 7.18. The van der Waals surface area contributed by atoms with Crippen LogP contribution in [0, 0.1) is 5.82 Å². The minimum absolute atomic E-state index is 0.106.